The van der Waals surface area contributed by atoms with E-state index in [1.54, 1.807) is 0 Å². The van der Waals surface area contributed by atoms with Gasteiger partial charge in [0.05, 0.1) is 6.54 Å². The summed E-state index contributed by atoms with van der Waals surface area (Å²) in [5.74, 6) is 2.27. The number of piperidine rings is 1. The maximum Gasteiger partial charge on any atom is 0.223 e. The lowest BCUT2D eigenvalue weighted by Gasteiger charge is -2.35. The Morgan fingerprint density at radius 3 is 2.72 bits per heavy atom. The standard InChI is InChI=1S/C25H41N5O.HI/c1-4-26-25(27-16-21(3)29-13-8-9-20(2)18-29)28-17-23-15-24(31)30(19-23)14-12-22-10-6-5-7-11-22;/h5-7,10-11,20-21,23H,4,8-9,12-19H2,1-3H3,(H2,26,27,28);1H. The van der Waals surface area contributed by atoms with E-state index >= 15 is 0 Å². The van der Waals surface area contributed by atoms with E-state index in [1.807, 2.05) is 11.0 Å². The Hall–Kier alpha value is -1.35. The molecule has 32 heavy (non-hydrogen) atoms. The van der Waals surface area contributed by atoms with Gasteiger partial charge >= 0.3 is 0 Å². The molecule has 1 aromatic carbocycles. The van der Waals surface area contributed by atoms with E-state index in [-0.39, 0.29) is 29.9 Å². The van der Waals surface area contributed by atoms with Gasteiger partial charge in [-0.25, -0.2) is 0 Å². The van der Waals surface area contributed by atoms with Crippen molar-refractivity contribution >= 4 is 35.8 Å². The van der Waals surface area contributed by atoms with Crippen molar-refractivity contribution in [3.05, 3.63) is 35.9 Å². The van der Waals surface area contributed by atoms with Gasteiger partial charge in [0, 0.05) is 51.1 Å². The third-order valence-electron chi connectivity index (χ3n) is 6.54. The highest BCUT2D eigenvalue weighted by atomic mass is 127. The molecule has 2 saturated heterocycles. The van der Waals surface area contributed by atoms with Crippen molar-refractivity contribution in [3.8, 4) is 0 Å². The van der Waals surface area contributed by atoms with E-state index in [9.17, 15) is 4.79 Å². The first kappa shape index (κ1) is 26.9. The van der Waals surface area contributed by atoms with Crippen molar-refractivity contribution < 1.29 is 4.79 Å². The molecule has 1 amide bonds. The van der Waals surface area contributed by atoms with Gasteiger partial charge in [-0.05, 0) is 51.1 Å². The first-order valence-corrected chi connectivity index (χ1v) is 12.1. The second kappa shape index (κ2) is 14.0. The number of guanidine groups is 1. The van der Waals surface area contributed by atoms with Crippen molar-refractivity contribution in [3.63, 3.8) is 0 Å². The summed E-state index contributed by atoms with van der Waals surface area (Å²) in [5, 5.41) is 6.85. The smallest absolute Gasteiger partial charge is 0.223 e. The number of benzene rings is 1. The molecule has 0 aromatic heterocycles. The summed E-state index contributed by atoms with van der Waals surface area (Å²) in [4.78, 5) is 21.9. The molecule has 0 bridgehead atoms. The molecule has 7 heteroatoms. The summed E-state index contributed by atoms with van der Waals surface area (Å²) in [6, 6.07) is 10.9. The first-order chi connectivity index (χ1) is 15.0. The first-order valence-electron chi connectivity index (χ1n) is 12.1. The quantitative estimate of drug-likeness (QED) is 0.279. The van der Waals surface area contributed by atoms with Crippen LogP contribution in [0.4, 0.5) is 0 Å². The molecule has 180 valence electrons. The van der Waals surface area contributed by atoms with Crippen LogP contribution in [-0.2, 0) is 11.2 Å². The van der Waals surface area contributed by atoms with Crippen LogP contribution in [0.5, 0.6) is 0 Å². The van der Waals surface area contributed by atoms with Gasteiger partial charge in [0.25, 0.3) is 0 Å². The summed E-state index contributed by atoms with van der Waals surface area (Å²) in [7, 11) is 0. The largest absolute Gasteiger partial charge is 0.357 e. The zero-order valence-corrected chi connectivity index (χ0v) is 22.4. The molecular weight excluding hydrogens is 513 g/mol. The third kappa shape index (κ3) is 8.54. The molecule has 0 aliphatic carbocycles. The van der Waals surface area contributed by atoms with Crippen LogP contribution >= 0.6 is 24.0 Å². The average molecular weight is 556 g/mol. The monoisotopic (exact) mass is 555 g/mol. The Bertz CT molecular complexity index is 714. The van der Waals surface area contributed by atoms with Crippen LogP contribution in [0.2, 0.25) is 0 Å². The average Bonchev–Trinajstić information content (AvgIpc) is 3.14. The zero-order chi connectivity index (χ0) is 22.1. The van der Waals surface area contributed by atoms with E-state index in [1.165, 1.54) is 31.5 Å². The maximum absolute atomic E-state index is 12.4. The number of carbonyl (C=O) groups excluding carboxylic acids is 1. The normalized spacial score (nSPS) is 23.0. The molecule has 2 aliphatic heterocycles. The minimum absolute atomic E-state index is 0. The van der Waals surface area contributed by atoms with E-state index < -0.39 is 0 Å². The van der Waals surface area contributed by atoms with Crippen molar-refractivity contribution in [1.29, 1.82) is 0 Å². The Morgan fingerprint density at radius 1 is 1.22 bits per heavy atom. The van der Waals surface area contributed by atoms with Gasteiger partial charge in [0.1, 0.15) is 0 Å². The van der Waals surface area contributed by atoms with Crippen LogP contribution in [0.25, 0.3) is 0 Å². The molecule has 6 nitrogen and oxygen atoms in total. The van der Waals surface area contributed by atoms with E-state index in [2.05, 4.69) is 60.6 Å². The summed E-state index contributed by atoms with van der Waals surface area (Å²) in [6.07, 6.45) is 4.19. The maximum atomic E-state index is 12.4. The van der Waals surface area contributed by atoms with Crippen LogP contribution < -0.4 is 10.6 Å². The predicted molar refractivity (Wildman–Crippen MR) is 144 cm³/mol. The highest BCUT2D eigenvalue weighted by Gasteiger charge is 2.29. The van der Waals surface area contributed by atoms with E-state index in [4.69, 9.17) is 4.99 Å². The second-order valence-corrected chi connectivity index (χ2v) is 9.34. The van der Waals surface area contributed by atoms with Gasteiger partial charge in [0.15, 0.2) is 5.96 Å². The highest BCUT2D eigenvalue weighted by Crippen LogP contribution is 2.19. The minimum Gasteiger partial charge on any atom is -0.357 e. The Morgan fingerprint density at radius 2 is 2.00 bits per heavy atom. The zero-order valence-electron chi connectivity index (χ0n) is 20.1. The molecule has 0 spiro atoms. The fourth-order valence-corrected chi connectivity index (χ4v) is 4.66. The third-order valence-corrected chi connectivity index (χ3v) is 6.54. The molecule has 3 rings (SSSR count). The number of hydrogen-bond donors (Lipinski definition) is 2. The van der Waals surface area contributed by atoms with Crippen molar-refractivity contribution in [2.75, 3.05) is 45.8 Å². The van der Waals surface area contributed by atoms with Gasteiger partial charge in [-0.2, -0.15) is 0 Å². The topological polar surface area (TPSA) is 60.0 Å². The molecule has 0 radical (unpaired) electrons. The lowest BCUT2D eigenvalue weighted by atomic mass is 9.99. The van der Waals surface area contributed by atoms with Gasteiger partial charge in [-0.15, -0.1) is 24.0 Å². The number of amides is 1. The molecule has 3 atom stereocenters. The van der Waals surface area contributed by atoms with Crippen molar-refractivity contribution in [2.45, 2.75) is 52.5 Å². The Labute approximate surface area is 211 Å². The fourth-order valence-electron chi connectivity index (χ4n) is 4.66. The van der Waals surface area contributed by atoms with Crippen LogP contribution in [0, 0.1) is 11.8 Å². The molecule has 0 saturated carbocycles. The minimum atomic E-state index is 0. The summed E-state index contributed by atoms with van der Waals surface area (Å²) in [5.41, 5.74) is 1.29. The number of halogens is 1. The van der Waals surface area contributed by atoms with Crippen molar-refractivity contribution in [2.24, 2.45) is 16.8 Å². The van der Waals surface area contributed by atoms with Crippen LogP contribution in [0.3, 0.4) is 0 Å². The van der Waals surface area contributed by atoms with Gasteiger partial charge < -0.3 is 15.5 Å². The molecule has 3 unspecified atom stereocenters. The molecular formula is C25H42IN5O. The summed E-state index contributed by atoms with van der Waals surface area (Å²) < 4.78 is 0. The second-order valence-electron chi connectivity index (χ2n) is 9.34. The fraction of sp³-hybridized carbons (Fsp3) is 0.680. The number of carbonyl (C=O) groups is 1. The number of nitrogens with zero attached hydrogens (tertiary/aromatic N) is 3. The van der Waals surface area contributed by atoms with Crippen LogP contribution in [0.15, 0.2) is 35.3 Å². The van der Waals surface area contributed by atoms with Gasteiger partial charge in [0.2, 0.25) is 5.91 Å². The lowest BCUT2D eigenvalue weighted by Crippen LogP contribution is -2.44. The molecule has 1 aromatic rings. The summed E-state index contributed by atoms with van der Waals surface area (Å²) >= 11 is 0. The molecule has 2 N–H and O–H groups in total. The molecule has 2 aliphatic rings. The molecule has 2 fully saturated rings. The van der Waals surface area contributed by atoms with Crippen molar-refractivity contribution in [1.82, 2.24) is 20.4 Å². The number of nitrogens with one attached hydrogen (secondary N) is 2. The van der Waals surface area contributed by atoms with E-state index in [0.29, 0.717) is 18.4 Å². The molecule has 2 heterocycles. The van der Waals surface area contributed by atoms with Crippen LogP contribution in [0.1, 0.15) is 45.6 Å². The number of likely N-dealkylation sites (tertiary alicyclic amines) is 2. The van der Waals surface area contributed by atoms with Gasteiger partial charge in [-0.3, -0.25) is 14.7 Å². The van der Waals surface area contributed by atoms with Gasteiger partial charge in [-0.1, -0.05) is 37.3 Å². The number of aliphatic imine (C=N–C) groups is 1. The SMILES string of the molecule is CCNC(=NCC(C)N1CCCC(C)C1)NCC1CC(=O)N(CCc2ccccc2)C1.I. The predicted octanol–water partition coefficient (Wildman–Crippen LogP) is 3.37. The Balaban J connectivity index is 0.00000363. The van der Waals surface area contributed by atoms with E-state index in [0.717, 1.165) is 51.0 Å². The number of hydrogen-bond acceptors (Lipinski definition) is 3. The lowest BCUT2D eigenvalue weighted by molar-refractivity contribution is -0.127. The number of rotatable bonds is 9. The highest BCUT2D eigenvalue weighted by molar-refractivity contribution is 14.0. The Kier molecular flexibility index (Phi) is 11.8. The summed E-state index contributed by atoms with van der Waals surface area (Å²) in [6.45, 7) is 13.2. The van der Waals surface area contributed by atoms with Crippen LogP contribution in [-0.4, -0.2) is 73.5 Å².